The molecule has 0 unspecified atom stereocenters. The van der Waals surface area contributed by atoms with Gasteiger partial charge in [-0.05, 0) is 6.42 Å². The van der Waals surface area contributed by atoms with Gasteiger partial charge in [0.25, 0.3) is 5.91 Å². The second kappa shape index (κ2) is 6.64. The predicted molar refractivity (Wildman–Crippen MR) is 90.1 cm³/mol. The van der Waals surface area contributed by atoms with Gasteiger partial charge >= 0.3 is 0 Å². The topological polar surface area (TPSA) is 77.5 Å². The Morgan fingerprint density at radius 2 is 2.24 bits per heavy atom. The van der Waals surface area contributed by atoms with Crippen LogP contribution in [0, 0.1) is 5.92 Å². The number of nitrogens with zero attached hydrogens (tertiary/aromatic N) is 6. The molecule has 1 aliphatic heterocycles. The highest BCUT2D eigenvalue weighted by Crippen LogP contribution is 2.15. The summed E-state index contributed by atoms with van der Waals surface area (Å²) in [5, 5.41) is 0. The zero-order valence-electron chi connectivity index (χ0n) is 14.1. The fraction of sp³-hybridized carbons (Fsp3) is 0.412. The molecule has 0 aliphatic carbocycles. The van der Waals surface area contributed by atoms with E-state index in [0.717, 1.165) is 17.8 Å². The van der Waals surface area contributed by atoms with E-state index in [9.17, 15) is 4.79 Å². The first kappa shape index (κ1) is 15.8. The van der Waals surface area contributed by atoms with E-state index >= 15 is 0 Å². The van der Waals surface area contributed by atoms with Gasteiger partial charge in [-0.2, -0.15) is 0 Å². The summed E-state index contributed by atoms with van der Waals surface area (Å²) in [5.74, 6) is 0.151. The van der Waals surface area contributed by atoms with Crippen molar-refractivity contribution in [2.75, 3.05) is 26.3 Å². The second-order valence-corrected chi connectivity index (χ2v) is 6.39. The SMILES string of the molecule is Cn1cnc(C(=O)N2CCOC[C@H](Cc3cn4ccnc4cn3)C2)c1. The first-order chi connectivity index (χ1) is 12.2. The molecule has 8 heteroatoms. The Bertz CT molecular complexity index is 886. The third-order valence-corrected chi connectivity index (χ3v) is 4.38. The van der Waals surface area contributed by atoms with Crippen molar-refractivity contribution in [2.24, 2.45) is 13.0 Å². The van der Waals surface area contributed by atoms with Gasteiger partial charge in [-0.1, -0.05) is 0 Å². The monoisotopic (exact) mass is 340 g/mol. The standard InChI is InChI=1S/C17H20N6O2/c1-21-10-15(20-12-21)17(24)23-4-5-25-11-13(8-23)6-14-9-22-3-2-18-16(22)7-19-14/h2-3,7,9-10,12-13H,4-6,8,11H2,1H3/t13-/m1/s1. The molecule has 3 aromatic rings. The first-order valence-corrected chi connectivity index (χ1v) is 8.31. The number of carbonyl (C=O) groups excluding carboxylic acids is 1. The third-order valence-electron chi connectivity index (χ3n) is 4.38. The van der Waals surface area contributed by atoms with E-state index in [-0.39, 0.29) is 11.8 Å². The molecule has 1 aliphatic rings. The molecule has 0 spiro atoms. The van der Waals surface area contributed by atoms with Gasteiger partial charge in [0.05, 0.1) is 31.4 Å². The van der Waals surface area contributed by atoms with Crippen LogP contribution in [0.4, 0.5) is 0 Å². The number of imidazole rings is 2. The van der Waals surface area contributed by atoms with Crippen molar-refractivity contribution in [1.82, 2.24) is 28.8 Å². The number of hydrogen-bond acceptors (Lipinski definition) is 5. The highest BCUT2D eigenvalue weighted by atomic mass is 16.5. The number of amides is 1. The average Bonchev–Trinajstić information content (AvgIpc) is 3.18. The maximum Gasteiger partial charge on any atom is 0.274 e. The molecular weight excluding hydrogens is 320 g/mol. The minimum atomic E-state index is -0.0471. The summed E-state index contributed by atoms with van der Waals surface area (Å²) in [6.07, 6.45) is 11.5. The summed E-state index contributed by atoms with van der Waals surface area (Å²) < 4.78 is 9.44. The number of aromatic nitrogens is 5. The van der Waals surface area contributed by atoms with E-state index in [2.05, 4.69) is 15.0 Å². The van der Waals surface area contributed by atoms with Crippen LogP contribution in [0.2, 0.25) is 0 Å². The summed E-state index contributed by atoms with van der Waals surface area (Å²) in [5.41, 5.74) is 2.26. The fourth-order valence-electron chi connectivity index (χ4n) is 3.14. The van der Waals surface area contributed by atoms with Crippen LogP contribution in [-0.4, -0.2) is 61.0 Å². The summed E-state index contributed by atoms with van der Waals surface area (Å²) in [7, 11) is 1.86. The molecule has 0 radical (unpaired) electrons. The van der Waals surface area contributed by atoms with Crippen LogP contribution in [0.5, 0.6) is 0 Å². The fourth-order valence-corrected chi connectivity index (χ4v) is 3.14. The van der Waals surface area contributed by atoms with Crippen LogP contribution in [0.15, 0.2) is 37.3 Å². The lowest BCUT2D eigenvalue weighted by atomic mass is 10.0. The molecule has 1 atom stereocenters. The third kappa shape index (κ3) is 3.39. The van der Waals surface area contributed by atoms with Crippen LogP contribution in [0.25, 0.3) is 5.65 Å². The first-order valence-electron chi connectivity index (χ1n) is 8.31. The quantitative estimate of drug-likeness (QED) is 0.705. The van der Waals surface area contributed by atoms with E-state index in [4.69, 9.17) is 4.74 Å². The van der Waals surface area contributed by atoms with E-state index < -0.39 is 0 Å². The maximum atomic E-state index is 12.7. The van der Waals surface area contributed by atoms with Gasteiger partial charge in [0.1, 0.15) is 5.69 Å². The summed E-state index contributed by atoms with van der Waals surface area (Å²) >= 11 is 0. The van der Waals surface area contributed by atoms with Crippen LogP contribution in [-0.2, 0) is 18.2 Å². The Morgan fingerprint density at radius 3 is 3.08 bits per heavy atom. The normalized spacial score (nSPS) is 18.4. The summed E-state index contributed by atoms with van der Waals surface area (Å²) in [4.78, 5) is 27.4. The molecular formula is C17H20N6O2. The number of carbonyl (C=O) groups is 1. The Balaban J connectivity index is 1.48. The van der Waals surface area contributed by atoms with Crippen molar-refractivity contribution in [3.8, 4) is 0 Å². The molecule has 1 amide bonds. The molecule has 4 heterocycles. The minimum absolute atomic E-state index is 0.0471. The van der Waals surface area contributed by atoms with Crippen molar-refractivity contribution in [3.05, 3.63) is 48.7 Å². The van der Waals surface area contributed by atoms with E-state index in [1.807, 2.05) is 28.7 Å². The smallest absolute Gasteiger partial charge is 0.274 e. The number of hydrogen-bond donors (Lipinski definition) is 0. The molecule has 4 rings (SSSR count). The Kier molecular flexibility index (Phi) is 4.19. The molecule has 0 N–H and O–H groups in total. The predicted octanol–water partition coefficient (Wildman–Crippen LogP) is 0.794. The highest BCUT2D eigenvalue weighted by molar-refractivity contribution is 5.92. The lowest BCUT2D eigenvalue weighted by Gasteiger charge is -2.22. The molecule has 0 bridgehead atoms. The second-order valence-electron chi connectivity index (χ2n) is 6.39. The lowest BCUT2D eigenvalue weighted by molar-refractivity contribution is 0.0732. The van der Waals surface area contributed by atoms with E-state index in [1.54, 1.807) is 29.5 Å². The summed E-state index contributed by atoms with van der Waals surface area (Å²) in [6, 6.07) is 0. The van der Waals surface area contributed by atoms with Gasteiger partial charge in [0, 0.05) is 50.8 Å². The van der Waals surface area contributed by atoms with E-state index in [0.29, 0.717) is 32.0 Å². The average molecular weight is 340 g/mol. The van der Waals surface area contributed by atoms with Crippen LogP contribution in [0.3, 0.4) is 0 Å². The van der Waals surface area contributed by atoms with Crippen molar-refractivity contribution in [1.29, 1.82) is 0 Å². The zero-order chi connectivity index (χ0) is 17.2. The molecule has 3 aromatic heterocycles. The van der Waals surface area contributed by atoms with E-state index in [1.165, 1.54) is 0 Å². The summed E-state index contributed by atoms with van der Waals surface area (Å²) in [6.45, 7) is 2.39. The molecule has 130 valence electrons. The molecule has 0 aromatic carbocycles. The number of ether oxygens (including phenoxy) is 1. The van der Waals surface area contributed by atoms with Crippen molar-refractivity contribution in [3.63, 3.8) is 0 Å². The van der Waals surface area contributed by atoms with Gasteiger partial charge in [0.15, 0.2) is 5.65 Å². The molecule has 8 nitrogen and oxygen atoms in total. The van der Waals surface area contributed by atoms with Gasteiger partial charge in [-0.3, -0.25) is 9.78 Å². The lowest BCUT2D eigenvalue weighted by Crippen LogP contribution is -2.36. The molecule has 1 fully saturated rings. The van der Waals surface area contributed by atoms with Crippen LogP contribution < -0.4 is 0 Å². The minimum Gasteiger partial charge on any atom is -0.379 e. The van der Waals surface area contributed by atoms with Crippen molar-refractivity contribution < 1.29 is 9.53 Å². The largest absolute Gasteiger partial charge is 0.379 e. The highest BCUT2D eigenvalue weighted by Gasteiger charge is 2.25. The zero-order valence-corrected chi connectivity index (χ0v) is 14.1. The number of fused-ring (bicyclic) bond motifs is 1. The van der Waals surface area contributed by atoms with Crippen molar-refractivity contribution in [2.45, 2.75) is 6.42 Å². The Morgan fingerprint density at radius 1 is 1.32 bits per heavy atom. The Hall–Kier alpha value is -2.74. The number of rotatable bonds is 3. The van der Waals surface area contributed by atoms with Gasteiger partial charge < -0.3 is 18.6 Å². The molecule has 0 saturated carbocycles. The van der Waals surface area contributed by atoms with Crippen LogP contribution >= 0.6 is 0 Å². The maximum absolute atomic E-state index is 12.7. The van der Waals surface area contributed by atoms with Crippen LogP contribution in [0.1, 0.15) is 16.2 Å². The Labute approximate surface area is 145 Å². The molecule has 25 heavy (non-hydrogen) atoms. The van der Waals surface area contributed by atoms with Gasteiger partial charge in [0.2, 0.25) is 0 Å². The van der Waals surface area contributed by atoms with Gasteiger partial charge in [-0.25, -0.2) is 9.97 Å². The van der Waals surface area contributed by atoms with Crippen molar-refractivity contribution >= 4 is 11.6 Å². The number of aryl methyl sites for hydroxylation is 1. The molecule has 1 saturated heterocycles. The van der Waals surface area contributed by atoms with Gasteiger partial charge in [-0.15, -0.1) is 0 Å².